The molecule has 0 heterocycles. The Hall–Kier alpha value is -0.530. The molecule has 0 amide bonds. The lowest BCUT2D eigenvalue weighted by Crippen LogP contribution is -2.75. The number of rotatable bonds is 3. The van der Waals surface area contributed by atoms with E-state index in [-0.39, 0.29) is 6.29 Å². The van der Waals surface area contributed by atoms with Gasteiger partial charge in [0.1, 0.15) is 23.9 Å². The van der Waals surface area contributed by atoms with Crippen molar-refractivity contribution >= 4 is 6.29 Å². The maximum atomic E-state index is 10.2. The number of aliphatic hydroxyl groups excluding tert-OH is 4. The molecule has 6 nitrogen and oxygen atoms in total. The highest BCUT2D eigenvalue weighted by molar-refractivity contribution is 5.57. The molecule has 5 N–H and O–H groups in total. The van der Waals surface area contributed by atoms with E-state index >= 15 is 0 Å². The Morgan fingerprint density at radius 3 is 2.21 bits per heavy atom. The van der Waals surface area contributed by atoms with Gasteiger partial charge in [-0.1, -0.05) is 6.92 Å². The number of aldehydes is 1. The molecule has 0 radical (unpaired) electrons. The third-order valence-corrected chi connectivity index (χ3v) is 2.98. The van der Waals surface area contributed by atoms with Crippen molar-refractivity contribution in [2.24, 2.45) is 5.92 Å². The molecule has 2 unspecified atom stereocenters. The predicted octanol–water partition coefficient (Wildman–Crippen LogP) is -2.99. The van der Waals surface area contributed by atoms with Gasteiger partial charge in [0.05, 0.1) is 6.10 Å². The number of carbonyl (C=O) groups is 1. The topological polar surface area (TPSA) is 118 Å². The Bertz CT molecular complexity index is 220. The maximum absolute atomic E-state index is 10.2. The lowest BCUT2D eigenvalue weighted by molar-refractivity contribution is -0.298. The Kier molecular flexibility index (Phi) is 2.93. The van der Waals surface area contributed by atoms with Gasteiger partial charge in [-0.2, -0.15) is 0 Å². The molecule has 14 heavy (non-hydrogen) atoms. The highest BCUT2D eigenvalue weighted by atomic mass is 16.4. The van der Waals surface area contributed by atoms with Crippen LogP contribution in [-0.2, 0) is 4.79 Å². The Morgan fingerprint density at radius 1 is 1.36 bits per heavy atom. The minimum absolute atomic E-state index is 0.0623. The second-order valence-corrected chi connectivity index (χ2v) is 3.68. The standard InChI is InChI=1S/C8H14O6/c1-3-5(11)7(13)8(3,14)6(12)4(10)2-9/h2-7,10-14H,1H3/t3?,4-,5?,6+,7+,8-/m0/s1. The van der Waals surface area contributed by atoms with Gasteiger partial charge in [0.25, 0.3) is 0 Å². The largest absolute Gasteiger partial charge is 0.390 e. The van der Waals surface area contributed by atoms with Gasteiger partial charge in [0, 0.05) is 5.92 Å². The molecule has 82 valence electrons. The van der Waals surface area contributed by atoms with Crippen LogP contribution in [0.5, 0.6) is 0 Å². The van der Waals surface area contributed by atoms with E-state index in [4.69, 9.17) is 10.2 Å². The van der Waals surface area contributed by atoms with E-state index in [0.29, 0.717) is 0 Å². The van der Waals surface area contributed by atoms with Crippen molar-refractivity contribution in [2.75, 3.05) is 0 Å². The zero-order valence-electron chi connectivity index (χ0n) is 7.61. The Balaban J connectivity index is 2.80. The molecular weight excluding hydrogens is 192 g/mol. The van der Waals surface area contributed by atoms with Crippen LogP contribution in [-0.4, -0.2) is 61.8 Å². The SMILES string of the molecule is CC1C(O)[C@@H](O)[C@@]1(O)[C@H](O)[C@@H](O)C=O. The molecule has 0 saturated heterocycles. The van der Waals surface area contributed by atoms with Gasteiger partial charge in [0.2, 0.25) is 0 Å². The van der Waals surface area contributed by atoms with Crippen LogP contribution in [0.15, 0.2) is 0 Å². The van der Waals surface area contributed by atoms with Crippen LogP contribution in [0.3, 0.4) is 0 Å². The molecule has 0 aromatic heterocycles. The highest BCUT2D eigenvalue weighted by Crippen LogP contribution is 2.42. The fourth-order valence-corrected chi connectivity index (χ4v) is 1.76. The molecule has 1 rings (SSSR count). The maximum Gasteiger partial charge on any atom is 0.151 e. The van der Waals surface area contributed by atoms with E-state index in [9.17, 15) is 20.1 Å². The van der Waals surface area contributed by atoms with Crippen molar-refractivity contribution in [1.82, 2.24) is 0 Å². The number of carbonyl (C=O) groups excluding carboxylic acids is 1. The third-order valence-electron chi connectivity index (χ3n) is 2.98. The molecule has 0 aromatic rings. The molecular formula is C8H14O6. The van der Waals surface area contributed by atoms with Crippen LogP contribution in [0.4, 0.5) is 0 Å². The first-order valence-electron chi connectivity index (χ1n) is 4.27. The van der Waals surface area contributed by atoms with E-state index in [1.165, 1.54) is 6.92 Å². The molecule has 6 atom stereocenters. The number of hydrogen-bond acceptors (Lipinski definition) is 6. The van der Waals surface area contributed by atoms with Crippen LogP contribution < -0.4 is 0 Å². The van der Waals surface area contributed by atoms with Crippen LogP contribution in [0.25, 0.3) is 0 Å². The number of aliphatic hydroxyl groups is 5. The van der Waals surface area contributed by atoms with Crippen molar-refractivity contribution in [3.63, 3.8) is 0 Å². The second kappa shape index (κ2) is 3.56. The number of hydrogen-bond donors (Lipinski definition) is 5. The average molecular weight is 206 g/mol. The van der Waals surface area contributed by atoms with Crippen molar-refractivity contribution in [2.45, 2.75) is 36.9 Å². The van der Waals surface area contributed by atoms with Gasteiger partial charge in [-0.15, -0.1) is 0 Å². The van der Waals surface area contributed by atoms with Gasteiger partial charge < -0.3 is 30.3 Å². The minimum Gasteiger partial charge on any atom is -0.390 e. The third kappa shape index (κ3) is 1.27. The summed E-state index contributed by atoms with van der Waals surface area (Å²) in [4.78, 5) is 10.2. The van der Waals surface area contributed by atoms with Gasteiger partial charge >= 0.3 is 0 Å². The van der Waals surface area contributed by atoms with E-state index in [2.05, 4.69) is 0 Å². The van der Waals surface area contributed by atoms with Crippen LogP contribution in [0, 0.1) is 5.92 Å². The lowest BCUT2D eigenvalue weighted by atomic mass is 9.61. The normalized spacial score (nSPS) is 46.6. The van der Waals surface area contributed by atoms with Crippen LogP contribution >= 0.6 is 0 Å². The molecule has 0 aromatic carbocycles. The summed E-state index contributed by atoms with van der Waals surface area (Å²) < 4.78 is 0. The van der Waals surface area contributed by atoms with Gasteiger partial charge in [0.15, 0.2) is 6.29 Å². The zero-order chi connectivity index (χ0) is 11.1. The monoisotopic (exact) mass is 206 g/mol. The summed E-state index contributed by atoms with van der Waals surface area (Å²) in [5.74, 6) is -0.804. The summed E-state index contributed by atoms with van der Waals surface area (Å²) in [5, 5.41) is 46.4. The average Bonchev–Trinajstić information content (AvgIpc) is 2.23. The molecule has 1 aliphatic rings. The molecule has 0 bridgehead atoms. The van der Waals surface area contributed by atoms with Crippen molar-refractivity contribution in [3.8, 4) is 0 Å². The van der Waals surface area contributed by atoms with Gasteiger partial charge in [-0.25, -0.2) is 0 Å². The van der Waals surface area contributed by atoms with Crippen molar-refractivity contribution in [3.05, 3.63) is 0 Å². The fraction of sp³-hybridized carbons (Fsp3) is 0.875. The minimum atomic E-state index is -2.03. The van der Waals surface area contributed by atoms with Gasteiger partial charge in [-0.05, 0) is 0 Å². The first-order chi connectivity index (χ1) is 6.37. The lowest BCUT2D eigenvalue weighted by Gasteiger charge is -2.54. The molecule has 1 aliphatic carbocycles. The molecule has 6 heteroatoms. The first kappa shape index (κ1) is 11.5. The van der Waals surface area contributed by atoms with Crippen LogP contribution in [0.1, 0.15) is 6.92 Å². The molecule has 0 spiro atoms. The quantitative estimate of drug-likeness (QED) is 0.314. The zero-order valence-corrected chi connectivity index (χ0v) is 7.61. The van der Waals surface area contributed by atoms with Crippen molar-refractivity contribution < 1.29 is 30.3 Å². The Labute approximate surface area is 80.4 Å². The molecule has 1 saturated carbocycles. The van der Waals surface area contributed by atoms with E-state index < -0.39 is 35.9 Å². The highest BCUT2D eigenvalue weighted by Gasteiger charge is 2.63. The summed E-state index contributed by atoms with van der Waals surface area (Å²) in [6.07, 6.45) is -6.22. The summed E-state index contributed by atoms with van der Waals surface area (Å²) in [5.41, 5.74) is -2.03. The molecule has 1 fully saturated rings. The summed E-state index contributed by atoms with van der Waals surface area (Å²) >= 11 is 0. The van der Waals surface area contributed by atoms with Gasteiger partial charge in [-0.3, -0.25) is 0 Å². The summed E-state index contributed by atoms with van der Waals surface area (Å²) in [7, 11) is 0. The second-order valence-electron chi connectivity index (χ2n) is 3.68. The molecule has 0 aliphatic heterocycles. The van der Waals surface area contributed by atoms with E-state index in [0.717, 1.165) is 0 Å². The van der Waals surface area contributed by atoms with E-state index in [1.54, 1.807) is 0 Å². The Morgan fingerprint density at radius 2 is 1.86 bits per heavy atom. The first-order valence-corrected chi connectivity index (χ1v) is 4.27. The van der Waals surface area contributed by atoms with Crippen molar-refractivity contribution in [1.29, 1.82) is 0 Å². The van der Waals surface area contributed by atoms with Crippen LogP contribution in [0.2, 0.25) is 0 Å². The summed E-state index contributed by atoms with van der Waals surface area (Å²) in [6.45, 7) is 1.40. The fourth-order valence-electron chi connectivity index (χ4n) is 1.76. The smallest absolute Gasteiger partial charge is 0.151 e. The predicted molar refractivity (Wildman–Crippen MR) is 44.2 cm³/mol. The van der Waals surface area contributed by atoms with E-state index in [1.807, 2.05) is 0 Å². The summed E-state index contributed by atoms with van der Waals surface area (Å²) in [6, 6.07) is 0.